The summed E-state index contributed by atoms with van der Waals surface area (Å²) in [7, 11) is -6.89. The van der Waals surface area contributed by atoms with Crippen molar-refractivity contribution < 1.29 is 26.4 Å². The van der Waals surface area contributed by atoms with Crippen LogP contribution in [0.2, 0.25) is 58.4 Å². The van der Waals surface area contributed by atoms with E-state index >= 15 is 0 Å². The van der Waals surface area contributed by atoms with Crippen molar-refractivity contribution in [3.8, 4) is 0 Å². The van der Waals surface area contributed by atoms with Gasteiger partial charge in [0, 0.05) is 11.7 Å². The number of esters is 1. The molecule has 6 nitrogen and oxygen atoms in total. The number of carbonyl (C=O) groups is 1. The van der Waals surface area contributed by atoms with Crippen LogP contribution in [0.1, 0.15) is 58.3 Å². The molecule has 0 amide bonds. The molecule has 0 aromatic rings. The Bertz CT molecular complexity index is 856. The summed E-state index contributed by atoms with van der Waals surface area (Å²) in [5, 5.41) is 0. The number of rotatable bonds is 12. The third-order valence-electron chi connectivity index (χ3n) is 7.32. The van der Waals surface area contributed by atoms with E-state index in [2.05, 4.69) is 52.4 Å². The highest BCUT2D eigenvalue weighted by Gasteiger charge is 2.42. The predicted molar refractivity (Wildman–Crippen MR) is 168 cm³/mol. The third kappa shape index (κ3) is 12.4. The first-order valence-electron chi connectivity index (χ1n) is 14.0. The van der Waals surface area contributed by atoms with E-state index in [0.717, 1.165) is 66.8 Å². The van der Waals surface area contributed by atoms with Crippen LogP contribution in [0.4, 0.5) is 0 Å². The van der Waals surface area contributed by atoms with Crippen molar-refractivity contribution in [1.82, 2.24) is 0 Å². The van der Waals surface area contributed by atoms with Crippen LogP contribution in [0.25, 0.3) is 0 Å². The Morgan fingerprint density at radius 2 is 1.43 bits per heavy atom. The van der Waals surface area contributed by atoms with Gasteiger partial charge in [-0.05, 0) is 136 Å². The average Bonchev–Trinajstić information content (AvgIpc) is 2.76. The molecule has 0 radical (unpaired) electrons. The van der Waals surface area contributed by atoms with E-state index in [1.54, 1.807) is 0 Å². The van der Waals surface area contributed by atoms with Gasteiger partial charge in [0.15, 0.2) is 23.2 Å². The number of ether oxygens (including phenoxy) is 1. The lowest BCUT2D eigenvalue weighted by Crippen LogP contribution is -2.53. The fourth-order valence-corrected chi connectivity index (χ4v) is 24.2. The van der Waals surface area contributed by atoms with Gasteiger partial charge in [-0.25, -0.2) is 0 Å². The standard InChI is InChI=1S/C24H51O6PS2Si4/c1-19(18-37(9,30-36(6,7)8)29-34(2)28-35(3,4)5)24(25)27-22-14-10-20(11-15-22)21-12-16-23(17-13-21)31(26)33-32/h19-23,34H,10-18H2,1-9H3. The van der Waals surface area contributed by atoms with Crippen molar-refractivity contribution in [2.45, 2.75) is 128 Å². The van der Waals surface area contributed by atoms with E-state index in [-0.39, 0.29) is 18.0 Å². The molecule has 0 heterocycles. The molecular formula is C24H51O6PS2Si4. The Labute approximate surface area is 239 Å². The molecule has 2 aliphatic rings. The Balaban J connectivity index is 1.87. The molecule has 2 rings (SSSR count). The zero-order valence-electron chi connectivity index (χ0n) is 24.5. The van der Waals surface area contributed by atoms with Gasteiger partial charge in [-0.1, -0.05) is 6.92 Å². The van der Waals surface area contributed by atoms with Gasteiger partial charge in [-0.3, -0.25) is 9.36 Å². The maximum Gasteiger partial charge on any atom is 0.316 e. The van der Waals surface area contributed by atoms with Crippen molar-refractivity contribution >= 4 is 67.7 Å². The van der Waals surface area contributed by atoms with Crippen LogP contribution in [0.3, 0.4) is 0 Å². The van der Waals surface area contributed by atoms with Gasteiger partial charge in [0.1, 0.15) is 6.10 Å². The molecule has 0 aromatic heterocycles. The number of carbonyl (C=O) groups excluding carboxylic acids is 1. The first kappa shape index (κ1) is 34.0. The lowest BCUT2D eigenvalue weighted by atomic mass is 9.73. The summed E-state index contributed by atoms with van der Waals surface area (Å²) in [5.41, 5.74) is 0.309. The Hall–Kier alpha value is 0.758. The largest absolute Gasteiger partial charge is 0.462 e. The summed E-state index contributed by atoms with van der Waals surface area (Å²) < 4.78 is 37.6. The van der Waals surface area contributed by atoms with Crippen LogP contribution >= 0.6 is 6.58 Å². The molecule has 2 fully saturated rings. The highest BCUT2D eigenvalue weighted by atomic mass is 32.9. The first-order chi connectivity index (χ1) is 17.0. The van der Waals surface area contributed by atoms with Gasteiger partial charge in [0.2, 0.25) is 0 Å². The van der Waals surface area contributed by atoms with Crippen LogP contribution in [0.5, 0.6) is 0 Å². The van der Waals surface area contributed by atoms with Crippen molar-refractivity contribution in [2.75, 3.05) is 0 Å². The molecule has 37 heavy (non-hydrogen) atoms. The Kier molecular flexibility index (Phi) is 13.4. The van der Waals surface area contributed by atoms with E-state index in [9.17, 15) is 9.36 Å². The molecule has 0 aliphatic heterocycles. The normalized spacial score (nSPS) is 29.1. The minimum atomic E-state index is -2.60. The summed E-state index contributed by atoms with van der Waals surface area (Å²) in [6.45, 7) is 18.0. The molecular weight excluding hydrogens is 592 g/mol. The molecule has 0 spiro atoms. The molecule has 0 bridgehead atoms. The maximum absolute atomic E-state index is 13.1. The Morgan fingerprint density at radius 1 is 0.919 bits per heavy atom. The lowest BCUT2D eigenvalue weighted by molar-refractivity contribution is -0.155. The molecule has 0 aromatic carbocycles. The monoisotopic (exact) mass is 642 g/mol. The molecule has 2 aliphatic carbocycles. The van der Waals surface area contributed by atoms with E-state index < -0.39 is 41.1 Å². The van der Waals surface area contributed by atoms with E-state index in [1.165, 1.54) is 0 Å². The van der Waals surface area contributed by atoms with Gasteiger partial charge < -0.3 is 17.1 Å². The predicted octanol–water partition coefficient (Wildman–Crippen LogP) is 7.21. The maximum atomic E-state index is 13.1. The zero-order chi connectivity index (χ0) is 28.0. The van der Waals surface area contributed by atoms with E-state index in [1.807, 2.05) is 6.92 Å². The van der Waals surface area contributed by atoms with Gasteiger partial charge in [-0.15, -0.1) is 0 Å². The van der Waals surface area contributed by atoms with Crippen LogP contribution in [-0.2, 0) is 47.1 Å². The molecule has 216 valence electrons. The SMILES string of the molecule is CC(C[Si](C)(O[SiH](C)O[Si](C)(C)C)O[Si](C)(C)C)C(=O)OC1CCC(C2CCC(P(=O)=S=S)CC2)CC1. The van der Waals surface area contributed by atoms with Crippen molar-refractivity contribution in [1.29, 1.82) is 0 Å². The average molecular weight is 643 g/mol. The number of hydrogen-bond donors (Lipinski definition) is 0. The van der Waals surface area contributed by atoms with Crippen LogP contribution < -0.4 is 0 Å². The van der Waals surface area contributed by atoms with Gasteiger partial charge in [-0.2, -0.15) is 0 Å². The fraction of sp³-hybridized carbons (Fsp3) is 0.958. The molecule has 4 unspecified atom stereocenters. The summed E-state index contributed by atoms with van der Waals surface area (Å²) in [4.78, 5) is 13.1. The van der Waals surface area contributed by atoms with Crippen LogP contribution in [0.15, 0.2) is 0 Å². The molecule has 4 atom stereocenters. The Morgan fingerprint density at radius 3 is 1.89 bits per heavy atom. The second-order valence-electron chi connectivity index (χ2n) is 13.3. The van der Waals surface area contributed by atoms with Gasteiger partial charge >= 0.3 is 14.5 Å². The van der Waals surface area contributed by atoms with Crippen molar-refractivity contribution in [2.24, 2.45) is 17.8 Å². The smallest absolute Gasteiger partial charge is 0.316 e. The van der Waals surface area contributed by atoms with Gasteiger partial charge in [0.05, 0.1) is 5.92 Å². The zero-order valence-corrected chi connectivity index (χ0v) is 31.2. The lowest BCUT2D eigenvalue weighted by Gasteiger charge is -2.38. The first-order valence-corrected chi connectivity index (χ1v) is 29.1. The number of hydrogen-bond acceptors (Lipinski definition) is 7. The fourth-order valence-electron chi connectivity index (χ4n) is 6.08. The summed E-state index contributed by atoms with van der Waals surface area (Å²) in [6.07, 6.45) is 8.57. The molecule has 0 saturated heterocycles. The van der Waals surface area contributed by atoms with Crippen LogP contribution in [-0.4, -0.2) is 52.2 Å². The quantitative estimate of drug-likeness (QED) is 0.127. The summed E-state index contributed by atoms with van der Waals surface area (Å²) in [5.74, 6) is 1.06. The third-order valence-corrected chi connectivity index (χ3v) is 24.2. The molecule has 2 saturated carbocycles. The summed E-state index contributed by atoms with van der Waals surface area (Å²) >= 11 is 4.94. The molecule has 13 heteroatoms. The van der Waals surface area contributed by atoms with E-state index in [0.29, 0.717) is 17.6 Å². The minimum absolute atomic E-state index is 0.0175. The second kappa shape index (κ2) is 14.6. The summed E-state index contributed by atoms with van der Waals surface area (Å²) in [6, 6.07) is 0.603. The highest BCUT2D eigenvalue weighted by Crippen LogP contribution is 2.42. The molecule has 0 N–H and O–H groups in total. The minimum Gasteiger partial charge on any atom is -0.462 e. The van der Waals surface area contributed by atoms with Crippen molar-refractivity contribution in [3.05, 3.63) is 0 Å². The van der Waals surface area contributed by atoms with Crippen LogP contribution in [0, 0.1) is 17.8 Å². The van der Waals surface area contributed by atoms with Crippen molar-refractivity contribution in [3.63, 3.8) is 0 Å². The van der Waals surface area contributed by atoms with E-state index in [4.69, 9.17) is 28.3 Å². The second-order valence-corrected chi connectivity index (χ2v) is 32.6. The van der Waals surface area contributed by atoms with Gasteiger partial charge in [0.25, 0.3) is 9.28 Å². The highest BCUT2D eigenvalue weighted by molar-refractivity contribution is 8.32. The topological polar surface area (TPSA) is 71.1 Å².